The van der Waals surface area contributed by atoms with Crippen LogP contribution in [0.2, 0.25) is 0 Å². The van der Waals surface area contributed by atoms with Crippen LogP contribution >= 0.6 is 11.8 Å². The molecule has 0 unspecified atom stereocenters. The number of amidine groups is 1. The first-order valence-corrected chi connectivity index (χ1v) is 10.4. The van der Waals surface area contributed by atoms with Crippen molar-refractivity contribution in [2.24, 2.45) is 4.99 Å². The number of rotatable bonds is 6. The highest BCUT2D eigenvalue weighted by molar-refractivity contribution is 8.15. The summed E-state index contributed by atoms with van der Waals surface area (Å²) in [4.78, 5) is 31.2. The number of aliphatic imine (C=N–C) groups is 1. The van der Waals surface area contributed by atoms with Gasteiger partial charge in [0.25, 0.3) is 0 Å². The van der Waals surface area contributed by atoms with Crippen LogP contribution in [0.5, 0.6) is 11.5 Å². The van der Waals surface area contributed by atoms with Crippen LogP contribution in [0.3, 0.4) is 0 Å². The summed E-state index contributed by atoms with van der Waals surface area (Å²) in [5.41, 5.74) is 1.37. The Morgan fingerprint density at radius 1 is 1.23 bits per heavy atom. The summed E-state index contributed by atoms with van der Waals surface area (Å²) in [6.07, 6.45) is 0.0669. The van der Waals surface area contributed by atoms with Gasteiger partial charge >= 0.3 is 0 Å². The van der Waals surface area contributed by atoms with E-state index in [0.717, 1.165) is 5.56 Å². The molecule has 2 amide bonds. The summed E-state index contributed by atoms with van der Waals surface area (Å²) in [7, 11) is 0. The number of carbonyl (C=O) groups is 2. The van der Waals surface area contributed by atoms with Gasteiger partial charge in [-0.15, -0.1) is 0 Å². The van der Waals surface area contributed by atoms with E-state index in [9.17, 15) is 14.0 Å². The molecule has 0 radical (unpaired) electrons. The lowest BCUT2D eigenvalue weighted by Gasteiger charge is -2.17. The molecule has 0 saturated carbocycles. The van der Waals surface area contributed by atoms with E-state index in [1.54, 1.807) is 23.1 Å². The molecule has 7 nitrogen and oxygen atoms in total. The minimum absolute atomic E-state index is 0.0669. The second-order valence-electron chi connectivity index (χ2n) is 6.75. The van der Waals surface area contributed by atoms with Gasteiger partial charge in [-0.05, 0) is 48.9 Å². The number of hydrogen-bond donors (Lipinski definition) is 1. The Hall–Kier alpha value is -3.07. The van der Waals surface area contributed by atoms with Crippen molar-refractivity contribution in [3.8, 4) is 11.5 Å². The maximum atomic E-state index is 13.2. The number of ether oxygens (including phenoxy) is 2. The monoisotopic (exact) mass is 429 g/mol. The summed E-state index contributed by atoms with van der Waals surface area (Å²) >= 11 is 1.24. The number of nitrogens with one attached hydrogen (secondary N) is 1. The number of fused-ring (bicyclic) bond motifs is 1. The van der Waals surface area contributed by atoms with Crippen LogP contribution in [0.1, 0.15) is 18.9 Å². The number of hydrogen-bond acceptors (Lipinski definition) is 6. The second-order valence-corrected chi connectivity index (χ2v) is 7.92. The van der Waals surface area contributed by atoms with Crippen molar-refractivity contribution in [3.05, 3.63) is 53.8 Å². The van der Waals surface area contributed by atoms with Crippen molar-refractivity contribution in [3.63, 3.8) is 0 Å². The van der Waals surface area contributed by atoms with E-state index in [1.165, 1.54) is 23.9 Å². The van der Waals surface area contributed by atoms with Crippen LogP contribution in [-0.4, -0.2) is 40.5 Å². The number of carbonyl (C=O) groups excluding carboxylic acids is 2. The maximum Gasteiger partial charge on any atom is 0.242 e. The molecule has 9 heteroatoms. The highest BCUT2D eigenvalue weighted by Crippen LogP contribution is 2.36. The topological polar surface area (TPSA) is 80.2 Å². The predicted octanol–water partition coefficient (Wildman–Crippen LogP) is 3.21. The molecule has 1 N–H and O–H groups in total. The average Bonchev–Trinajstić information content (AvgIpc) is 3.30. The van der Waals surface area contributed by atoms with Gasteiger partial charge in [0.2, 0.25) is 18.6 Å². The van der Waals surface area contributed by atoms with Gasteiger partial charge in [-0.2, -0.15) is 0 Å². The first-order valence-electron chi connectivity index (χ1n) is 9.51. The van der Waals surface area contributed by atoms with E-state index >= 15 is 0 Å². The molecule has 0 bridgehead atoms. The van der Waals surface area contributed by atoms with Crippen molar-refractivity contribution >= 4 is 34.4 Å². The number of amides is 2. The molecule has 2 aromatic rings. The summed E-state index contributed by atoms with van der Waals surface area (Å²) in [6.45, 7) is 2.77. The molecule has 0 aliphatic carbocycles. The van der Waals surface area contributed by atoms with Crippen molar-refractivity contribution in [2.75, 3.05) is 13.3 Å². The molecule has 30 heavy (non-hydrogen) atoms. The Balaban J connectivity index is 1.60. The van der Waals surface area contributed by atoms with Gasteiger partial charge in [-0.3, -0.25) is 14.5 Å². The van der Waals surface area contributed by atoms with E-state index < -0.39 is 5.25 Å². The number of nitrogens with zero attached hydrogens (tertiary/aromatic N) is 2. The van der Waals surface area contributed by atoms with Crippen molar-refractivity contribution in [1.29, 1.82) is 0 Å². The van der Waals surface area contributed by atoms with Gasteiger partial charge in [-0.25, -0.2) is 9.38 Å². The fourth-order valence-electron chi connectivity index (χ4n) is 3.16. The Morgan fingerprint density at radius 2 is 2.00 bits per heavy atom. The van der Waals surface area contributed by atoms with Gasteiger partial charge in [0, 0.05) is 13.0 Å². The quantitative estimate of drug-likeness (QED) is 0.763. The fraction of sp³-hybridized carbons (Fsp3) is 0.286. The van der Waals surface area contributed by atoms with Crippen LogP contribution in [0.25, 0.3) is 0 Å². The smallest absolute Gasteiger partial charge is 0.242 e. The summed E-state index contributed by atoms with van der Waals surface area (Å²) in [5.74, 6) is 0.553. The average molecular weight is 429 g/mol. The molecule has 0 aromatic heterocycles. The maximum absolute atomic E-state index is 13.2. The summed E-state index contributed by atoms with van der Waals surface area (Å²) < 4.78 is 24.0. The highest BCUT2D eigenvalue weighted by atomic mass is 32.2. The highest BCUT2D eigenvalue weighted by Gasteiger charge is 2.39. The zero-order valence-corrected chi connectivity index (χ0v) is 17.1. The molecule has 1 atom stereocenters. The van der Waals surface area contributed by atoms with E-state index in [-0.39, 0.29) is 37.4 Å². The molecule has 2 aliphatic rings. The lowest BCUT2D eigenvalue weighted by atomic mass is 10.1. The summed E-state index contributed by atoms with van der Waals surface area (Å²) in [6, 6.07) is 11.2. The Labute approximate surface area is 177 Å². The van der Waals surface area contributed by atoms with Crippen LogP contribution in [0.15, 0.2) is 47.5 Å². The number of thioether (sulfide) groups is 1. The van der Waals surface area contributed by atoms with Gasteiger partial charge in [0.05, 0.1) is 12.2 Å². The molecule has 2 aromatic carbocycles. The van der Waals surface area contributed by atoms with E-state index in [0.29, 0.717) is 28.9 Å². The normalized spacial score (nSPS) is 18.9. The van der Waals surface area contributed by atoms with Crippen molar-refractivity contribution < 1.29 is 23.5 Å². The molecule has 156 valence electrons. The SMILES string of the molecule is CCNC(=O)C[C@@H]1SC(=Nc2ccc(F)cc2)N(Cc2ccc3c(c2)OCO3)C1=O. The first-order chi connectivity index (χ1) is 14.5. The summed E-state index contributed by atoms with van der Waals surface area (Å²) in [5, 5.41) is 2.63. The van der Waals surface area contributed by atoms with Crippen LogP contribution in [0, 0.1) is 5.82 Å². The predicted molar refractivity (Wildman–Crippen MR) is 111 cm³/mol. The minimum Gasteiger partial charge on any atom is -0.454 e. The van der Waals surface area contributed by atoms with Crippen LogP contribution in [-0.2, 0) is 16.1 Å². The van der Waals surface area contributed by atoms with E-state index in [2.05, 4.69) is 10.3 Å². The van der Waals surface area contributed by atoms with Crippen molar-refractivity contribution in [2.45, 2.75) is 25.1 Å². The largest absolute Gasteiger partial charge is 0.454 e. The van der Waals surface area contributed by atoms with Gasteiger partial charge < -0.3 is 14.8 Å². The van der Waals surface area contributed by atoms with Gasteiger partial charge in [-0.1, -0.05) is 17.8 Å². The zero-order chi connectivity index (χ0) is 21.1. The first kappa shape index (κ1) is 20.2. The molecule has 4 rings (SSSR count). The Bertz CT molecular complexity index is 996. The number of benzene rings is 2. The van der Waals surface area contributed by atoms with E-state index in [1.807, 2.05) is 19.1 Å². The molecule has 1 saturated heterocycles. The molecule has 0 spiro atoms. The van der Waals surface area contributed by atoms with Gasteiger partial charge in [0.1, 0.15) is 11.1 Å². The molecule has 1 fully saturated rings. The zero-order valence-electron chi connectivity index (χ0n) is 16.3. The molecular weight excluding hydrogens is 409 g/mol. The lowest BCUT2D eigenvalue weighted by Crippen LogP contribution is -2.34. The van der Waals surface area contributed by atoms with E-state index in [4.69, 9.17) is 9.47 Å². The number of halogens is 1. The van der Waals surface area contributed by atoms with Crippen LogP contribution in [0.4, 0.5) is 10.1 Å². The molecular formula is C21H20FN3O4S. The fourth-order valence-corrected chi connectivity index (χ4v) is 4.31. The third-order valence-electron chi connectivity index (χ3n) is 4.59. The molecule has 2 aliphatic heterocycles. The Kier molecular flexibility index (Phi) is 5.89. The standard InChI is InChI=1S/C21H20FN3O4S/c1-2-23-19(26)10-18-20(27)25(11-13-3-8-16-17(9-13)29-12-28-16)21(30-18)24-15-6-4-14(22)5-7-15/h3-9,18H,2,10-12H2,1H3,(H,23,26)/t18-/m0/s1. The van der Waals surface area contributed by atoms with Crippen LogP contribution < -0.4 is 14.8 Å². The lowest BCUT2D eigenvalue weighted by molar-refractivity contribution is -0.129. The third kappa shape index (κ3) is 4.40. The third-order valence-corrected chi connectivity index (χ3v) is 5.77. The Morgan fingerprint density at radius 3 is 2.77 bits per heavy atom. The van der Waals surface area contributed by atoms with Crippen molar-refractivity contribution in [1.82, 2.24) is 10.2 Å². The minimum atomic E-state index is -0.565. The second kappa shape index (κ2) is 8.74. The molecule has 2 heterocycles. The van der Waals surface area contributed by atoms with Gasteiger partial charge in [0.15, 0.2) is 16.7 Å².